The molecule has 1 aromatic rings. The number of nitrogens with two attached hydrogens (primary N) is 1. The Balaban J connectivity index is 2.88. The fourth-order valence-electron chi connectivity index (χ4n) is 1.62. The molecule has 0 radical (unpaired) electrons. The normalized spacial score (nSPS) is 13.8. The van der Waals surface area contributed by atoms with Gasteiger partial charge in [-0.05, 0) is 18.9 Å². The average Bonchev–Trinajstić information content (AvgIpc) is 2.79. The molecule has 0 aliphatic carbocycles. The van der Waals surface area contributed by atoms with E-state index in [1.807, 2.05) is 25.3 Å². The highest BCUT2D eigenvalue weighted by Gasteiger charge is 2.18. The molecule has 1 unspecified atom stereocenters. The molecule has 1 atom stereocenters. The van der Waals surface area contributed by atoms with Crippen molar-refractivity contribution in [1.29, 1.82) is 0 Å². The molecule has 3 N–H and O–H groups in total. The largest absolute Gasteiger partial charge is 0.349 e. The van der Waals surface area contributed by atoms with Crippen molar-refractivity contribution in [3.63, 3.8) is 0 Å². The summed E-state index contributed by atoms with van der Waals surface area (Å²) < 4.78 is 28.7. The van der Waals surface area contributed by atoms with E-state index in [1.54, 1.807) is 12.3 Å². The van der Waals surface area contributed by atoms with Crippen LogP contribution in [0.25, 0.3) is 0 Å². The summed E-state index contributed by atoms with van der Waals surface area (Å²) in [5.74, 6) is 0.335. The molecule has 0 amide bonds. The van der Waals surface area contributed by atoms with Crippen molar-refractivity contribution >= 4 is 10.0 Å². The summed E-state index contributed by atoms with van der Waals surface area (Å²) in [6.07, 6.45) is 2.59. The van der Waals surface area contributed by atoms with E-state index in [-0.39, 0.29) is 0 Å². The molecule has 5 nitrogen and oxygen atoms in total. The van der Waals surface area contributed by atoms with E-state index in [0.29, 0.717) is 30.4 Å². The first-order valence-electron chi connectivity index (χ1n) is 6.33. The minimum Gasteiger partial charge on any atom is -0.349 e. The van der Waals surface area contributed by atoms with Crippen LogP contribution in [0.5, 0.6) is 0 Å². The molecule has 0 bridgehead atoms. The summed E-state index contributed by atoms with van der Waals surface area (Å²) in [5, 5.41) is 0. The number of aryl methyl sites for hydroxylation is 1. The summed E-state index contributed by atoms with van der Waals surface area (Å²) >= 11 is 0. The summed E-state index contributed by atoms with van der Waals surface area (Å²) in [4.78, 5) is 0.299. The monoisotopic (exact) mass is 273 g/mol. The van der Waals surface area contributed by atoms with Crippen molar-refractivity contribution in [3.05, 3.63) is 18.0 Å². The van der Waals surface area contributed by atoms with Crippen LogP contribution in [0.3, 0.4) is 0 Å². The lowest BCUT2D eigenvalue weighted by Crippen LogP contribution is -2.28. The van der Waals surface area contributed by atoms with Crippen molar-refractivity contribution in [1.82, 2.24) is 9.29 Å². The molecule has 1 heterocycles. The van der Waals surface area contributed by atoms with Crippen molar-refractivity contribution in [2.45, 2.75) is 45.2 Å². The molecule has 0 aliphatic rings. The average molecular weight is 273 g/mol. The predicted molar refractivity (Wildman–Crippen MR) is 72.6 cm³/mol. The zero-order valence-corrected chi connectivity index (χ0v) is 12.1. The third kappa shape index (κ3) is 3.57. The molecule has 1 aromatic heterocycles. The van der Waals surface area contributed by atoms with E-state index in [1.165, 1.54) is 0 Å². The lowest BCUT2D eigenvalue weighted by molar-refractivity contribution is 0.528. The molecule has 1 rings (SSSR count). The molecule has 104 valence electrons. The van der Waals surface area contributed by atoms with E-state index in [9.17, 15) is 8.42 Å². The van der Waals surface area contributed by atoms with Gasteiger partial charge in [0, 0.05) is 31.5 Å². The molecular formula is C12H23N3O2S. The Labute approximate surface area is 109 Å². The van der Waals surface area contributed by atoms with Gasteiger partial charge in [0.05, 0.1) is 4.90 Å². The fourth-order valence-corrected chi connectivity index (χ4v) is 2.85. The van der Waals surface area contributed by atoms with E-state index < -0.39 is 10.0 Å². The number of hydrogen-bond acceptors (Lipinski definition) is 3. The highest BCUT2D eigenvalue weighted by Crippen LogP contribution is 2.14. The fraction of sp³-hybridized carbons (Fsp3) is 0.667. The number of aromatic nitrogens is 1. The highest BCUT2D eigenvalue weighted by molar-refractivity contribution is 7.89. The minimum atomic E-state index is -3.41. The van der Waals surface area contributed by atoms with Gasteiger partial charge in [0.25, 0.3) is 0 Å². The second-order valence-electron chi connectivity index (χ2n) is 4.52. The third-order valence-corrected chi connectivity index (χ3v) is 4.53. The molecule has 0 saturated heterocycles. The Morgan fingerprint density at radius 3 is 2.56 bits per heavy atom. The van der Waals surface area contributed by atoms with Gasteiger partial charge in [0.2, 0.25) is 10.0 Å². The topological polar surface area (TPSA) is 77.1 Å². The van der Waals surface area contributed by atoms with Gasteiger partial charge in [-0.1, -0.05) is 20.3 Å². The molecule has 0 aromatic carbocycles. The van der Waals surface area contributed by atoms with E-state index in [2.05, 4.69) is 4.72 Å². The van der Waals surface area contributed by atoms with Crippen molar-refractivity contribution in [2.75, 3.05) is 6.54 Å². The highest BCUT2D eigenvalue weighted by atomic mass is 32.2. The van der Waals surface area contributed by atoms with Gasteiger partial charge in [-0.2, -0.15) is 0 Å². The van der Waals surface area contributed by atoms with Gasteiger partial charge in [-0.3, -0.25) is 0 Å². The van der Waals surface area contributed by atoms with Gasteiger partial charge in [0.1, 0.15) is 0 Å². The quantitative estimate of drug-likeness (QED) is 0.786. The van der Waals surface area contributed by atoms with E-state index in [4.69, 9.17) is 5.73 Å². The van der Waals surface area contributed by atoms with Gasteiger partial charge >= 0.3 is 0 Å². The van der Waals surface area contributed by atoms with Crippen LogP contribution in [0.1, 0.15) is 32.9 Å². The van der Waals surface area contributed by atoms with Crippen LogP contribution in [-0.2, 0) is 23.1 Å². The first-order valence-corrected chi connectivity index (χ1v) is 7.81. The zero-order valence-electron chi connectivity index (χ0n) is 11.3. The Bertz CT molecular complexity index is 458. The molecule has 0 aliphatic heterocycles. The van der Waals surface area contributed by atoms with Crippen LogP contribution in [-0.4, -0.2) is 19.5 Å². The maximum Gasteiger partial charge on any atom is 0.242 e. The number of sulfonamides is 1. The van der Waals surface area contributed by atoms with Crippen LogP contribution >= 0.6 is 0 Å². The van der Waals surface area contributed by atoms with Gasteiger partial charge < -0.3 is 10.3 Å². The molecule has 0 spiro atoms. The van der Waals surface area contributed by atoms with E-state index in [0.717, 1.165) is 12.1 Å². The van der Waals surface area contributed by atoms with Gasteiger partial charge in [0.15, 0.2) is 0 Å². The van der Waals surface area contributed by atoms with Crippen LogP contribution in [0, 0.1) is 5.92 Å². The van der Waals surface area contributed by atoms with Crippen LogP contribution in [0.2, 0.25) is 0 Å². The smallest absolute Gasteiger partial charge is 0.242 e. The number of nitrogens with zero attached hydrogens (tertiary/aromatic N) is 1. The Morgan fingerprint density at radius 2 is 2.11 bits per heavy atom. The maximum atomic E-state index is 12.1. The first-order chi connectivity index (χ1) is 8.44. The third-order valence-electron chi connectivity index (χ3n) is 3.14. The SMILES string of the molecule is CCC(C)CNS(=O)(=O)c1cc(CN)n(CC)c1. The number of hydrogen-bond donors (Lipinski definition) is 2. The Morgan fingerprint density at radius 1 is 1.44 bits per heavy atom. The molecule has 18 heavy (non-hydrogen) atoms. The van der Waals surface area contributed by atoms with Gasteiger partial charge in [-0.15, -0.1) is 0 Å². The molecule has 6 heteroatoms. The molecule has 0 saturated carbocycles. The summed E-state index contributed by atoms with van der Waals surface area (Å²) in [7, 11) is -3.41. The van der Waals surface area contributed by atoms with Gasteiger partial charge in [-0.25, -0.2) is 13.1 Å². The standard InChI is InChI=1S/C12H23N3O2S/c1-4-10(3)8-14-18(16,17)12-6-11(7-13)15(5-2)9-12/h6,9-10,14H,4-5,7-8,13H2,1-3H3. The van der Waals surface area contributed by atoms with Crippen molar-refractivity contribution < 1.29 is 8.42 Å². The van der Waals surface area contributed by atoms with Crippen LogP contribution < -0.4 is 10.5 Å². The van der Waals surface area contributed by atoms with Crippen molar-refractivity contribution in [3.8, 4) is 0 Å². The lowest BCUT2D eigenvalue weighted by atomic mass is 10.1. The second-order valence-corrected chi connectivity index (χ2v) is 6.29. The molecule has 0 fully saturated rings. The summed E-state index contributed by atoms with van der Waals surface area (Å²) in [5.41, 5.74) is 6.43. The molecular weight excluding hydrogens is 250 g/mol. The Hall–Kier alpha value is -0.850. The van der Waals surface area contributed by atoms with Crippen LogP contribution in [0.15, 0.2) is 17.2 Å². The van der Waals surface area contributed by atoms with Crippen LogP contribution in [0.4, 0.5) is 0 Å². The van der Waals surface area contributed by atoms with Crippen molar-refractivity contribution in [2.24, 2.45) is 11.7 Å². The summed E-state index contributed by atoms with van der Waals surface area (Å²) in [6.45, 7) is 7.54. The Kier molecular flexibility index (Phi) is 5.37. The second kappa shape index (κ2) is 6.36. The lowest BCUT2D eigenvalue weighted by Gasteiger charge is -2.09. The number of nitrogens with one attached hydrogen (secondary N) is 1. The zero-order chi connectivity index (χ0) is 13.8. The predicted octanol–water partition coefficient (Wildman–Crippen LogP) is 1.29. The van der Waals surface area contributed by atoms with E-state index >= 15 is 0 Å². The maximum absolute atomic E-state index is 12.1. The summed E-state index contributed by atoms with van der Waals surface area (Å²) in [6, 6.07) is 1.64. The first kappa shape index (κ1) is 15.2. The minimum absolute atomic E-state index is 0.299. The number of rotatable bonds is 7.